The maximum atomic E-state index is 12.4. The van der Waals surface area contributed by atoms with Crippen molar-refractivity contribution in [3.8, 4) is 0 Å². The molecule has 5 nitrogen and oxygen atoms in total. The van der Waals surface area contributed by atoms with Crippen molar-refractivity contribution in [1.29, 1.82) is 0 Å². The van der Waals surface area contributed by atoms with Crippen molar-refractivity contribution in [1.82, 2.24) is 4.90 Å². The van der Waals surface area contributed by atoms with E-state index in [2.05, 4.69) is 4.90 Å². The van der Waals surface area contributed by atoms with E-state index in [-0.39, 0.29) is 30.9 Å². The molecule has 2 heterocycles. The predicted molar refractivity (Wildman–Crippen MR) is 104 cm³/mol. The lowest BCUT2D eigenvalue weighted by atomic mass is 9.83. The summed E-state index contributed by atoms with van der Waals surface area (Å²) in [5.41, 5.74) is 3.55. The number of para-hydroxylation sites is 1. The summed E-state index contributed by atoms with van der Waals surface area (Å²) in [6.45, 7) is 1.25. The second kappa shape index (κ2) is 7.24. The largest absolute Gasteiger partial charge is 0.362 e. The van der Waals surface area contributed by atoms with E-state index in [0.717, 1.165) is 29.8 Å². The number of hydrogen-bond acceptors (Lipinski definition) is 4. The molecular weight excluding hydrogens is 387 g/mol. The summed E-state index contributed by atoms with van der Waals surface area (Å²) in [4.78, 5) is 28.2. The zero-order valence-corrected chi connectivity index (χ0v) is 16.3. The highest BCUT2D eigenvalue weighted by molar-refractivity contribution is 6.35. The monoisotopic (exact) mass is 404 g/mol. The highest BCUT2D eigenvalue weighted by atomic mass is 35.5. The summed E-state index contributed by atoms with van der Waals surface area (Å²) in [6, 6.07) is 11.2. The molecule has 2 aromatic carbocycles. The van der Waals surface area contributed by atoms with Gasteiger partial charge in [-0.3, -0.25) is 9.59 Å². The van der Waals surface area contributed by atoms with E-state index in [1.54, 1.807) is 12.1 Å². The quantitative estimate of drug-likeness (QED) is 0.719. The first-order valence-corrected chi connectivity index (χ1v) is 9.40. The maximum absolute atomic E-state index is 12.4. The molecule has 140 valence electrons. The van der Waals surface area contributed by atoms with Crippen molar-refractivity contribution in [3.63, 3.8) is 0 Å². The Labute approximate surface area is 167 Å². The number of halogens is 2. The van der Waals surface area contributed by atoms with E-state index in [9.17, 15) is 9.59 Å². The SMILES string of the molecule is CN1Cc2c(Cl)cc(Cl)cc2[C@H](c2ccccc2N2C(=O)COCC2=O)C1. The first-order chi connectivity index (χ1) is 13.0. The number of nitrogens with zero attached hydrogens (tertiary/aromatic N) is 2. The lowest BCUT2D eigenvalue weighted by Crippen LogP contribution is -2.47. The fourth-order valence-corrected chi connectivity index (χ4v) is 4.43. The predicted octanol–water partition coefficient (Wildman–Crippen LogP) is 3.46. The molecule has 0 aromatic heterocycles. The Morgan fingerprint density at radius 3 is 2.48 bits per heavy atom. The molecule has 0 spiro atoms. The van der Waals surface area contributed by atoms with Crippen LogP contribution in [0, 0.1) is 0 Å². The Kier molecular flexibility index (Phi) is 4.95. The van der Waals surface area contributed by atoms with E-state index < -0.39 is 0 Å². The van der Waals surface area contributed by atoms with Gasteiger partial charge in [-0.2, -0.15) is 0 Å². The summed E-state index contributed by atoms with van der Waals surface area (Å²) in [7, 11) is 2.02. The summed E-state index contributed by atoms with van der Waals surface area (Å²) in [5, 5.41) is 1.20. The molecule has 4 rings (SSSR count). The van der Waals surface area contributed by atoms with Gasteiger partial charge >= 0.3 is 0 Å². The van der Waals surface area contributed by atoms with Gasteiger partial charge in [-0.15, -0.1) is 0 Å². The number of likely N-dealkylation sites (N-methyl/N-ethyl adjacent to an activating group) is 1. The van der Waals surface area contributed by atoms with Crippen LogP contribution in [0.2, 0.25) is 10.0 Å². The minimum absolute atomic E-state index is 0.0606. The first kappa shape index (κ1) is 18.4. The Balaban J connectivity index is 1.86. The smallest absolute Gasteiger partial charge is 0.259 e. The second-order valence-corrected chi connectivity index (χ2v) is 7.72. The van der Waals surface area contributed by atoms with Crippen LogP contribution in [0.1, 0.15) is 22.6 Å². The third kappa shape index (κ3) is 3.36. The standard InChI is InChI=1S/C20H18Cl2N2O3/c1-23-8-15(14-6-12(21)7-17(22)16(14)9-23)13-4-2-3-5-18(13)24-19(25)10-27-11-20(24)26/h2-7,15H,8-11H2,1H3/t15-/m0/s1. The second-order valence-electron chi connectivity index (χ2n) is 6.88. The zero-order valence-electron chi connectivity index (χ0n) is 14.7. The molecule has 0 aliphatic carbocycles. The number of morpholine rings is 1. The van der Waals surface area contributed by atoms with Gasteiger partial charge in [-0.25, -0.2) is 4.90 Å². The van der Waals surface area contributed by atoms with Crippen LogP contribution in [0.15, 0.2) is 36.4 Å². The molecule has 1 saturated heterocycles. The van der Waals surface area contributed by atoms with Crippen molar-refractivity contribution < 1.29 is 14.3 Å². The van der Waals surface area contributed by atoms with Crippen molar-refractivity contribution >= 4 is 40.7 Å². The van der Waals surface area contributed by atoms with Crippen LogP contribution >= 0.6 is 23.2 Å². The maximum Gasteiger partial charge on any atom is 0.259 e. The molecule has 7 heteroatoms. The number of carbonyl (C=O) groups excluding carboxylic acids is 2. The molecule has 0 radical (unpaired) electrons. The molecule has 0 unspecified atom stereocenters. The van der Waals surface area contributed by atoms with Gasteiger partial charge in [-0.05, 0) is 41.9 Å². The minimum atomic E-state index is -0.354. The summed E-state index contributed by atoms with van der Waals surface area (Å²) in [6.07, 6.45) is 0. The topological polar surface area (TPSA) is 49.9 Å². The van der Waals surface area contributed by atoms with E-state index in [0.29, 0.717) is 15.7 Å². The highest BCUT2D eigenvalue weighted by Crippen LogP contribution is 2.41. The number of carbonyl (C=O) groups is 2. The number of imide groups is 1. The summed E-state index contributed by atoms with van der Waals surface area (Å²) >= 11 is 12.7. The van der Waals surface area contributed by atoms with Crippen molar-refractivity contribution in [2.24, 2.45) is 0 Å². The number of anilines is 1. The molecule has 2 aliphatic heterocycles. The zero-order chi connectivity index (χ0) is 19.1. The van der Waals surface area contributed by atoms with Gasteiger partial charge in [0.25, 0.3) is 11.8 Å². The molecule has 1 atom stereocenters. The van der Waals surface area contributed by atoms with E-state index in [1.165, 1.54) is 4.90 Å². The van der Waals surface area contributed by atoms with Crippen LogP contribution in [0.4, 0.5) is 5.69 Å². The number of ether oxygens (including phenoxy) is 1. The van der Waals surface area contributed by atoms with E-state index >= 15 is 0 Å². The van der Waals surface area contributed by atoms with Crippen LogP contribution in [0.3, 0.4) is 0 Å². The van der Waals surface area contributed by atoms with E-state index in [1.807, 2.05) is 31.3 Å². The molecule has 2 aromatic rings. The van der Waals surface area contributed by atoms with Gasteiger partial charge in [0, 0.05) is 29.1 Å². The van der Waals surface area contributed by atoms with Crippen LogP contribution in [-0.2, 0) is 20.9 Å². The molecule has 0 bridgehead atoms. The number of amides is 2. The van der Waals surface area contributed by atoms with Gasteiger partial charge in [0.2, 0.25) is 0 Å². The van der Waals surface area contributed by atoms with Gasteiger partial charge in [0.1, 0.15) is 13.2 Å². The van der Waals surface area contributed by atoms with Crippen LogP contribution in [0.5, 0.6) is 0 Å². The minimum Gasteiger partial charge on any atom is -0.362 e. The number of rotatable bonds is 2. The molecule has 27 heavy (non-hydrogen) atoms. The average molecular weight is 405 g/mol. The molecule has 0 saturated carbocycles. The molecular formula is C20H18Cl2N2O3. The molecule has 2 amide bonds. The third-order valence-electron chi connectivity index (χ3n) is 5.00. The Hall–Kier alpha value is -1.92. The Morgan fingerprint density at radius 2 is 1.74 bits per heavy atom. The first-order valence-electron chi connectivity index (χ1n) is 8.64. The van der Waals surface area contributed by atoms with Gasteiger partial charge in [0.15, 0.2) is 0 Å². The van der Waals surface area contributed by atoms with Crippen molar-refractivity contribution in [3.05, 3.63) is 63.1 Å². The Bertz CT molecular complexity index is 915. The van der Waals surface area contributed by atoms with E-state index in [4.69, 9.17) is 27.9 Å². The fourth-order valence-electron chi connectivity index (χ4n) is 3.86. The van der Waals surface area contributed by atoms with Gasteiger partial charge in [-0.1, -0.05) is 41.4 Å². The normalized spacial score (nSPS) is 20.7. The Morgan fingerprint density at radius 1 is 1.04 bits per heavy atom. The fraction of sp³-hybridized carbons (Fsp3) is 0.300. The van der Waals surface area contributed by atoms with Crippen LogP contribution in [-0.4, -0.2) is 43.5 Å². The van der Waals surface area contributed by atoms with Crippen molar-refractivity contribution in [2.45, 2.75) is 12.5 Å². The van der Waals surface area contributed by atoms with Gasteiger partial charge < -0.3 is 9.64 Å². The van der Waals surface area contributed by atoms with Crippen molar-refractivity contribution in [2.75, 3.05) is 31.7 Å². The van der Waals surface area contributed by atoms with Crippen LogP contribution in [0.25, 0.3) is 0 Å². The van der Waals surface area contributed by atoms with Crippen LogP contribution < -0.4 is 4.90 Å². The highest BCUT2D eigenvalue weighted by Gasteiger charge is 2.34. The number of benzene rings is 2. The lowest BCUT2D eigenvalue weighted by molar-refractivity contribution is -0.138. The van der Waals surface area contributed by atoms with Gasteiger partial charge in [0.05, 0.1) is 5.69 Å². The molecule has 0 N–H and O–H groups in total. The summed E-state index contributed by atoms with van der Waals surface area (Å²) < 4.78 is 5.05. The summed E-state index contributed by atoms with van der Waals surface area (Å²) in [5.74, 6) is -0.769. The third-order valence-corrected chi connectivity index (χ3v) is 5.55. The molecule has 1 fully saturated rings. The molecule has 2 aliphatic rings. The average Bonchev–Trinajstić information content (AvgIpc) is 2.62. The lowest BCUT2D eigenvalue weighted by Gasteiger charge is -2.36. The number of fused-ring (bicyclic) bond motifs is 1. The number of hydrogen-bond donors (Lipinski definition) is 0.